The molecular weight excluding hydrogens is 222 g/mol. The predicted octanol–water partition coefficient (Wildman–Crippen LogP) is 0.640. The fourth-order valence-corrected chi connectivity index (χ4v) is 2.44. The fraction of sp³-hybridized carbons (Fsp3) is 0.833. The molecule has 96 valence electrons. The van der Waals surface area contributed by atoms with E-state index in [2.05, 4.69) is 12.2 Å². The maximum Gasteiger partial charge on any atom is 0.306 e. The standard InChI is InChI=1S/C12H19NO4/c1-12(6-17-7-12)5-13-10(14)8-2-3-9(4-8)11(15)16/h8-9H,2-7H2,1H3,(H,13,14)(H,15,16). The van der Waals surface area contributed by atoms with Crippen LogP contribution in [0.3, 0.4) is 0 Å². The van der Waals surface area contributed by atoms with Crippen LogP contribution in [-0.4, -0.2) is 36.7 Å². The van der Waals surface area contributed by atoms with Crippen molar-refractivity contribution < 1.29 is 19.4 Å². The van der Waals surface area contributed by atoms with Gasteiger partial charge in [-0.05, 0) is 19.3 Å². The maximum atomic E-state index is 11.9. The molecule has 1 saturated carbocycles. The van der Waals surface area contributed by atoms with E-state index < -0.39 is 5.97 Å². The van der Waals surface area contributed by atoms with Gasteiger partial charge in [0.1, 0.15) is 0 Å². The molecule has 1 aliphatic carbocycles. The Morgan fingerprint density at radius 3 is 2.47 bits per heavy atom. The summed E-state index contributed by atoms with van der Waals surface area (Å²) in [4.78, 5) is 22.6. The molecule has 2 atom stereocenters. The van der Waals surface area contributed by atoms with E-state index in [9.17, 15) is 9.59 Å². The summed E-state index contributed by atoms with van der Waals surface area (Å²) < 4.78 is 5.12. The Labute approximate surface area is 101 Å². The molecule has 1 heterocycles. The van der Waals surface area contributed by atoms with Gasteiger partial charge in [-0.3, -0.25) is 9.59 Å². The second-order valence-electron chi connectivity index (χ2n) is 5.57. The second-order valence-corrected chi connectivity index (χ2v) is 5.57. The van der Waals surface area contributed by atoms with Gasteiger partial charge in [0.2, 0.25) is 5.91 Å². The molecule has 5 heteroatoms. The summed E-state index contributed by atoms with van der Waals surface area (Å²) in [5, 5.41) is 11.8. The van der Waals surface area contributed by atoms with Crippen LogP contribution in [0.15, 0.2) is 0 Å². The van der Waals surface area contributed by atoms with Crippen molar-refractivity contribution in [3.8, 4) is 0 Å². The largest absolute Gasteiger partial charge is 0.481 e. The lowest BCUT2D eigenvalue weighted by molar-refractivity contribution is -0.141. The first kappa shape index (κ1) is 12.4. The van der Waals surface area contributed by atoms with Gasteiger partial charge < -0.3 is 15.2 Å². The first-order chi connectivity index (χ1) is 8.00. The molecular formula is C12H19NO4. The third kappa shape index (κ3) is 2.77. The molecule has 0 aromatic carbocycles. The summed E-state index contributed by atoms with van der Waals surface area (Å²) in [7, 11) is 0. The molecule has 2 fully saturated rings. The van der Waals surface area contributed by atoms with Crippen molar-refractivity contribution in [3.63, 3.8) is 0 Å². The summed E-state index contributed by atoms with van der Waals surface area (Å²) in [6.07, 6.45) is 1.79. The lowest BCUT2D eigenvalue weighted by Crippen LogP contribution is -2.49. The third-order valence-corrected chi connectivity index (χ3v) is 3.74. The van der Waals surface area contributed by atoms with Crippen LogP contribution in [0, 0.1) is 17.3 Å². The topological polar surface area (TPSA) is 75.6 Å². The minimum Gasteiger partial charge on any atom is -0.481 e. The minimum atomic E-state index is -0.778. The monoisotopic (exact) mass is 241 g/mol. The number of rotatable bonds is 4. The van der Waals surface area contributed by atoms with Gasteiger partial charge in [0.15, 0.2) is 0 Å². The molecule has 0 bridgehead atoms. The van der Waals surface area contributed by atoms with E-state index in [1.54, 1.807) is 0 Å². The van der Waals surface area contributed by atoms with Gasteiger partial charge in [-0.25, -0.2) is 0 Å². The average molecular weight is 241 g/mol. The lowest BCUT2D eigenvalue weighted by atomic mass is 9.88. The van der Waals surface area contributed by atoms with E-state index in [4.69, 9.17) is 9.84 Å². The number of aliphatic carboxylic acids is 1. The van der Waals surface area contributed by atoms with Crippen LogP contribution in [0.5, 0.6) is 0 Å². The van der Waals surface area contributed by atoms with Crippen molar-refractivity contribution in [2.24, 2.45) is 17.3 Å². The number of hydrogen-bond donors (Lipinski definition) is 2. The van der Waals surface area contributed by atoms with Gasteiger partial charge in [0, 0.05) is 17.9 Å². The summed E-state index contributed by atoms with van der Waals surface area (Å²) in [5.74, 6) is -1.24. The molecule has 5 nitrogen and oxygen atoms in total. The molecule has 1 saturated heterocycles. The second kappa shape index (κ2) is 4.64. The maximum absolute atomic E-state index is 11.9. The number of carboxylic acids is 1. The zero-order valence-electron chi connectivity index (χ0n) is 10.1. The number of nitrogens with one attached hydrogen (secondary N) is 1. The van der Waals surface area contributed by atoms with Crippen molar-refractivity contribution in [3.05, 3.63) is 0 Å². The number of hydrogen-bond acceptors (Lipinski definition) is 3. The van der Waals surface area contributed by atoms with Gasteiger partial charge in [0.05, 0.1) is 19.1 Å². The third-order valence-electron chi connectivity index (χ3n) is 3.74. The molecule has 2 N–H and O–H groups in total. The number of carbonyl (C=O) groups is 2. The normalized spacial score (nSPS) is 30.6. The highest BCUT2D eigenvalue weighted by molar-refractivity contribution is 5.80. The highest BCUT2D eigenvalue weighted by Crippen LogP contribution is 2.31. The average Bonchev–Trinajstić information content (AvgIpc) is 2.72. The van der Waals surface area contributed by atoms with Gasteiger partial charge in [-0.1, -0.05) is 6.92 Å². The van der Waals surface area contributed by atoms with Gasteiger partial charge in [0.25, 0.3) is 0 Å². The number of carboxylic acid groups (broad SMARTS) is 1. The molecule has 0 radical (unpaired) electrons. The van der Waals surface area contributed by atoms with E-state index in [-0.39, 0.29) is 23.2 Å². The number of ether oxygens (including phenoxy) is 1. The first-order valence-corrected chi connectivity index (χ1v) is 6.08. The summed E-state index contributed by atoms with van der Waals surface area (Å²) in [6.45, 7) is 4.08. The van der Waals surface area contributed by atoms with E-state index >= 15 is 0 Å². The van der Waals surface area contributed by atoms with Crippen molar-refractivity contribution in [2.45, 2.75) is 26.2 Å². The van der Waals surface area contributed by atoms with E-state index in [0.717, 1.165) is 0 Å². The number of amides is 1. The van der Waals surface area contributed by atoms with Gasteiger partial charge in [-0.15, -0.1) is 0 Å². The molecule has 1 amide bonds. The predicted molar refractivity (Wildman–Crippen MR) is 60.4 cm³/mol. The lowest BCUT2D eigenvalue weighted by Gasteiger charge is -2.38. The van der Waals surface area contributed by atoms with E-state index in [1.807, 2.05) is 0 Å². The van der Waals surface area contributed by atoms with Gasteiger partial charge >= 0.3 is 5.97 Å². The van der Waals surface area contributed by atoms with Crippen LogP contribution in [-0.2, 0) is 14.3 Å². The summed E-state index contributed by atoms with van der Waals surface area (Å²) in [6, 6.07) is 0. The van der Waals surface area contributed by atoms with Crippen LogP contribution >= 0.6 is 0 Å². The van der Waals surface area contributed by atoms with E-state index in [0.29, 0.717) is 39.0 Å². The van der Waals surface area contributed by atoms with Crippen molar-refractivity contribution in [2.75, 3.05) is 19.8 Å². The first-order valence-electron chi connectivity index (χ1n) is 6.08. The van der Waals surface area contributed by atoms with Crippen molar-refractivity contribution in [1.29, 1.82) is 0 Å². The van der Waals surface area contributed by atoms with Crippen molar-refractivity contribution in [1.82, 2.24) is 5.32 Å². The summed E-state index contributed by atoms with van der Waals surface area (Å²) >= 11 is 0. The molecule has 2 rings (SSSR count). The zero-order chi connectivity index (χ0) is 12.5. The summed E-state index contributed by atoms with van der Waals surface area (Å²) in [5.41, 5.74) is 0.0699. The highest BCUT2D eigenvalue weighted by Gasteiger charge is 2.37. The molecule has 0 aromatic rings. The molecule has 2 aliphatic rings. The Balaban J connectivity index is 1.75. The van der Waals surface area contributed by atoms with Crippen molar-refractivity contribution >= 4 is 11.9 Å². The molecule has 0 spiro atoms. The molecule has 2 unspecified atom stereocenters. The zero-order valence-corrected chi connectivity index (χ0v) is 10.1. The highest BCUT2D eigenvalue weighted by atomic mass is 16.5. The Morgan fingerprint density at radius 1 is 1.35 bits per heavy atom. The van der Waals surface area contributed by atoms with Crippen LogP contribution in [0.2, 0.25) is 0 Å². The van der Waals surface area contributed by atoms with Crippen LogP contribution in [0.25, 0.3) is 0 Å². The molecule has 0 aromatic heterocycles. The quantitative estimate of drug-likeness (QED) is 0.757. The van der Waals surface area contributed by atoms with Gasteiger partial charge in [-0.2, -0.15) is 0 Å². The Morgan fingerprint density at radius 2 is 2.00 bits per heavy atom. The SMILES string of the molecule is CC1(CNC(=O)C2CCC(C(=O)O)C2)COC1. The molecule has 17 heavy (non-hydrogen) atoms. The minimum absolute atomic E-state index is 0.00174. The number of carbonyl (C=O) groups excluding carboxylic acids is 1. The Bertz CT molecular complexity index is 324. The molecule has 1 aliphatic heterocycles. The smallest absolute Gasteiger partial charge is 0.306 e. The van der Waals surface area contributed by atoms with Crippen LogP contribution in [0.4, 0.5) is 0 Å². The van der Waals surface area contributed by atoms with Crippen LogP contribution in [0.1, 0.15) is 26.2 Å². The Kier molecular flexibility index (Phi) is 3.38. The fourth-order valence-electron chi connectivity index (χ4n) is 2.44. The Hall–Kier alpha value is -1.10. The van der Waals surface area contributed by atoms with Crippen LogP contribution < -0.4 is 5.32 Å². The van der Waals surface area contributed by atoms with E-state index in [1.165, 1.54) is 0 Å².